The Bertz CT molecular complexity index is 1130. The monoisotopic (exact) mass is 435 g/mol. The average molecular weight is 435 g/mol. The molecule has 1 amide bonds. The Morgan fingerprint density at radius 2 is 2.06 bits per heavy atom. The smallest absolute Gasteiger partial charge is 0.433 e. The van der Waals surface area contributed by atoms with Crippen molar-refractivity contribution in [2.24, 2.45) is 0 Å². The Morgan fingerprint density at radius 3 is 2.81 bits per heavy atom. The summed E-state index contributed by atoms with van der Waals surface area (Å²) in [5.41, 5.74) is -0.00275. The highest BCUT2D eigenvalue weighted by Gasteiger charge is 2.33. The highest BCUT2D eigenvalue weighted by molar-refractivity contribution is 5.95. The lowest BCUT2D eigenvalue weighted by Crippen LogP contribution is -2.33. The predicted molar refractivity (Wildman–Crippen MR) is 101 cm³/mol. The second kappa shape index (κ2) is 7.97. The molecule has 31 heavy (non-hydrogen) atoms. The number of methoxy groups -OCH3 is 1. The summed E-state index contributed by atoms with van der Waals surface area (Å²) in [5.74, 6) is -1.34. The average Bonchev–Trinajstić information content (AvgIpc) is 3.19. The molecule has 4 heterocycles. The molecule has 4 rings (SSSR count). The molecule has 0 spiro atoms. The molecule has 1 N–H and O–H groups in total. The Morgan fingerprint density at radius 1 is 1.26 bits per heavy atom. The van der Waals surface area contributed by atoms with E-state index in [0.29, 0.717) is 30.8 Å². The second-order valence-corrected chi connectivity index (χ2v) is 6.98. The third-order valence-corrected chi connectivity index (χ3v) is 4.97. The van der Waals surface area contributed by atoms with Crippen molar-refractivity contribution in [3.63, 3.8) is 0 Å². The zero-order valence-electron chi connectivity index (χ0n) is 16.3. The van der Waals surface area contributed by atoms with Gasteiger partial charge in [0.1, 0.15) is 5.69 Å². The number of carbonyl (C=O) groups is 1. The molecule has 0 saturated carbocycles. The topological polar surface area (TPSA) is 81.9 Å². The van der Waals surface area contributed by atoms with Crippen LogP contribution in [0, 0.1) is 5.82 Å². The fourth-order valence-electron chi connectivity index (χ4n) is 3.46. The van der Waals surface area contributed by atoms with Crippen molar-refractivity contribution < 1.29 is 27.1 Å². The first-order chi connectivity index (χ1) is 14.8. The Kier molecular flexibility index (Phi) is 5.34. The lowest BCUT2D eigenvalue weighted by atomic mass is 10.0. The van der Waals surface area contributed by atoms with E-state index in [0.717, 1.165) is 18.5 Å². The van der Waals surface area contributed by atoms with Gasteiger partial charge in [0.05, 0.1) is 36.3 Å². The van der Waals surface area contributed by atoms with Crippen molar-refractivity contribution in [1.82, 2.24) is 25.1 Å². The predicted octanol–water partition coefficient (Wildman–Crippen LogP) is 3.77. The number of hydrogen-bond acceptors (Lipinski definition) is 5. The number of halogens is 4. The Labute approximate surface area is 174 Å². The summed E-state index contributed by atoms with van der Waals surface area (Å²) < 4.78 is 59.6. The molecular formula is C20H17F4N5O2. The standard InChI is InChI=1S/C20H17F4N5O2/c1-31-18-8-12(13(21)10-26-18)19(30)27-14-3-2-6-29-16(14)9-15(28-29)11-4-5-25-17(7-11)20(22,23)24/h4-5,7-10,14H,2-3,6H2,1H3,(H,27,30)/t14-/m1/s1. The van der Waals surface area contributed by atoms with Crippen LogP contribution in [0.5, 0.6) is 5.88 Å². The molecule has 11 heteroatoms. The molecule has 0 aromatic carbocycles. The van der Waals surface area contributed by atoms with Gasteiger partial charge in [-0.15, -0.1) is 0 Å². The number of alkyl halides is 3. The summed E-state index contributed by atoms with van der Waals surface area (Å²) in [4.78, 5) is 19.7. The van der Waals surface area contributed by atoms with Crippen LogP contribution in [0.2, 0.25) is 0 Å². The maximum atomic E-state index is 14.1. The third kappa shape index (κ3) is 4.21. The summed E-state index contributed by atoms with van der Waals surface area (Å²) in [6.07, 6.45) is -1.33. The fourth-order valence-corrected chi connectivity index (χ4v) is 3.46. The number of aryl methyl sites for hydroxylation is 1. The number of hydrogen-bond donors (Lipinski definition) is 1. The zero-order valence-corrected chi connectivity index (χ0v) is 16.3. The van der Waals surface area contributed by atoms with Gasteiger partial charge in [-0.05, 0) is 31.0 Å². The number of nitrogens with one attached hydrogen (secondary N) is 1. The fraction of sp³-hybridized carbons (Fsp3) is 0.300. The summed E-state index contributed by atoms with van der Waals surface area (Å²) in [6, 6.07) is 4.72. The quantitative estimate of drug-likeness (QED) is 0.631. The molecule has 0 aliphatic carbocycles. The summed E-state index contributed by atoms with van der Waals surface area (Å²) in [5, 5.41) is 7.15. The molecule has 0 unspecified atom stereocenters. The van der Waals surface area contributed by atoms with Crippen LogP contribution in [-0.4, -0.2) is 32.8 Å². The number of aromatic nitrogens is 4. The van der Waals surface area contributed by atoms with E-state index < -0.39 is 29.6 Å². The molecule has 0 bridgehead atoms. The second-order valence-electron chi connectivity index (χ2n) is 6.98. The molecule has 3 aromatic rings. The first-order valence-electron chi connectivity index (χ1n) is 9.38. The van der Waals surface area contributed by atoms with Crippen molar-refractivity contribution in [2.45, 2.75) is 31.6 Å². The molecule has 162 valence electrons. The maximum Gasteiger partial charge on any atom is 0.433 e. The lowest BCUT2D eigenvalue weighted by Gasteiger charge is -2.24. The summed E-state index contributed by atoms with van der Waals surface area (Å²) in [7, 11) is 1.35. The molecule has 0 fully saturated rings. The van der Waals surface area contributed by atoms with E-state index >= 15 is 0 Å². The van der Waals surface area contributed by atoms with Crippen LogP contribution in [0.3, 0.4) is 0 Å². The number of fused-ring (bicyclic) bond motifs is 1. The highest BCUT2D eigenvalue weighted by Crippen LogP contribution is 2.33. The minimum Gasteiger partial charge on any atom is -0.481 e. The van der Waals surface area contributed by atoms with E-state index in [1.54, 1.807) is 10.7 Å². The number of pyridine rings is 2. The summed E-state index contributed by atoms with van der Waals surface area (Å²) >= 11 is 0. The van der Waals surface area contributed by atoms with Gasteiger partial charge in [-0.2, -0.15) is 18.3 Å². The number of ether oxygens (including phenoxy) is 1. The van der Waals surface area contributed by atoms with Crippen molar-refractivity contribution in [1.29, 1.82) is 0 Å². The van der Waals surface area contributed by atoms with Gasteiger partial charge in [0.2, 0.25) is 5.88 Å². The lowest BCUT2D eigenvalue weighted by molar-refractivity contribution is -0.141. The number of rotatable bonds is 4. The van der Waals surface area contributed by atoms with Crippen LogP contribution in [0.4, 0.5) is 17.6 Å². The SMILES string of the molecule is COc1cc(C(=O)N[C@@H]2CCCn3nc(-c4ccnc(C(F)(F)F)c4)cc32)c(F)cn1. The third-order valence-electron chi connectivity index (χ3n) is 4.97. The van der Waals surface area contributed by atoms with E-state index in [9.17, 15) is 22.4 Å². The molecule has 3 aromatic heterocycles. The Balaban J connectivity index is 1.61. The zero-order chi connectivity index (χ0) is 22.2. The van der Waals surface area contributed by atoms with Gasteiger partial charge in [-0.3, -0.25) is 14.5 Å². The number of carbonyl (C=O) groups excluding carboxylic acids is 1. The number of amides is 1. The van der Waals surface area contributed by atoms with Crippen LogP contribution in [0.15, 0.2) is 36.7 Å². The van der Waals surface area contributed by atoms with Crippen molar-refractivity contribution in [3.8, 4) is 17.1 Å². The van der Waals surface area contributed by atoms with Crippen molar-refractivity contribution >= 4 is 5.91 Å². The highest BCUT2D eigenvalue weighted by atomic mass is 19.4. The van der Waals surface area contributed by atoms with E-state index in [4.69, 9.17) is 4.74 Å². The van der Waals surface area contributed by atoms with E-state index in [-0.39, 0.29) is 17.0 Å². The van der Waals surface area contributed by atoms with Gasteiger partial charge in [-0.1, -0.05) is 0 Å². The number of nitrogens with zero attached hydrogens (tertiary/aromatic N) is 4. The van der Waals surface area contributed by atoms with Crippen molar-refractivity contribution in [2.75, 3.05) is 7.11 Å². The maximum absolute atomic E-state index is 14.1. The molecule has 7 nitrogen and oxygen atoms in total. The van der Waals surface area contributed by atoms with E-state index in [2.05, 4.69) is 20.4 Å². The van der Waals surface area contributed by atoms with E-state index in [1.807, 2.05) is 0 Å². The van der Waals surface area contributed by atoms with Crippen LogP contribution in [-0.2, 0) is 12.7 Å². The van der Waals surface area contributed by atoms with Gasteiger partial charge in [0, 0.05) is 24.4 Å². The van der Waals surface area contributed by atoms with Crippen LogP contribution in [0.1, 0.15) is 40.6 Å². The van der Waals surface area contributed by atoms with Crippen molar-refractivity contribution in [3.05, 3.63) is 59.4 Å². The van der Waals surface area contributed by atoms with Crippen LogP contribution < -0.4 is 10.1 Å². The normalized spacial score (nSPS) is 16.0. The molecule has 0 saturated heterocycles. The van der Waals surface area contributed by atoms with Gasteiger partial charge in [0.15, 0.2) is 5.82 Å². The van der Waals surface area contributed by atoms with Gasteiger partial charge < -0.3 is 10.1 Å². The van der Waals surface area contributed by atoms with E-state index in [1.165, 1.54) is 19.2 Å². The largest absolute Gasteiger partial charge is 0.481 e. The minimum atomic E-state index is -4.57. The van der Waals surface area contributed by atoms with Crippen LogP contribution >= 0.6 is 0 Å². The molecule has 1 aliphatic rings. The minimum absolute atomic E-state index is 0.0979. The molecule has 1 aliphatic heterocycles. The van der Waals surface area contributed by atoms with Gasteiger partial charge in [0.25, 0.3) is 5.91 Å². The van der Waals surface area contributed by atoms with Gasteiger partial charge >= 0.3 is 6.18 Å². The Hall–Kier alpha value is -3.50. The van der Waals surface area contributed by atoms with Gasteiger partial charge in [-0.25, -0.2) is 9.37 Å². The first kappa shape index (κ1) is 20.8. The first-order valence-corrected chi connectivity index (χ1v) is 9.38. The molecular weight excluding hydrogens is 418 g/mol. The summed E-state index contributed by atoms with van der Waals surface area (Å²) in [6.45, 7) is 0.552. The van der Waals surface area contributed by atoms with Crippen LogP contribution in [0.25, 0.3) is 11.3 Å². The molecule has 1 atom stereocenters. The molecule has 0 radical (unpaired) electrons.